The molecule has 1 fully saturated rings. The SMILES string of the molecule is COCC(C)Nc1nc(C)cn1C1CC1c1ccccc1. The van der Waals surface area contributed by atoms with E-state index in [1.807, 2.05) is 6.92 Å². The third kappa shape index (κ3) is 3.10. The van der Waals surface area contributed by atoms with Gasteiger partial charge in [-0.2, -0.15) is 0 Å². The fourth-order valence-electron chi connectivity index (χ4n) is 2.94. The van der Waals surface area contributed by atoms with Gasteiger partial charge in [-0.25, -0.2) is 4.98 Å². The van der Waals surface area contributed by atoms with Crippen LogP contribution in [0.25, 0.3) is 0 Å². The quantitative estimate of drug-likeness (QED) is 0.884. The van der Waals surface area contributed by atoms with E-state index < -0.39 is 0 Å². The van der Waals surface area contributed by atoms with E-state index in [2.05, 4.69) is 58.3 Å². The largest absolute Gasteiger partial charge is 0.383 e. The van der Waals surface area contributed by atoms with E-state index in [9.17, 15) is 0 Å². The van der Waals surface area contributed by atoms with Gasteiger partial charge in [-0.05, 0) is 25.8 Å². The van der Waals surface area contributed by atoms with Crippen LogP contribution in [0.15, 0.2) is 36.5 Å². The van der Waals surface area contributed by atoms with E-state index in [0.29, 0.717) is 18.6 Å². The van der Waals surface area contributed by atoms with Crippen LogP contribution in [0.3, 0.4) is 0 Å². The second-order valence-corrected chi connectivity index (χ2v) is 5.93. The van der Waals surface area contributed by atoms with Crippen LogP contribution in [0.2, 0.25) is 0 Å². The lowest BCUT2D eigenvalue weighted by molar-refractivity contribution is 0.190. The molecule has 0 bridgehead atoms. The molecule has 0 radical (unpaired) electrons. The summed E-state index contributed by atoms with van der Waals surface area (Å²) < 4.78 is 7.48. The molecule has 4 nitrogen and oxygen atoms in total. The Morgan fingerprint density at radius 3 is 2.86 bits per heavy atom. The number of hydrogen-bond donors (Lipinski definition) is 1. The highest BCUT2D eigenvalue weighted by Gasteiger charge is 2.41. The van der Waals surface area contributed by atoms with E-state index in [4.69, 9.17) is 4.74 Å². The first-order valence-corrected chi connectivity index (χ1v) is 7.55. The maximum atomic E-state index is 5.19. The number of imidazole rings is 1. The lowest BCUT2D eigenvalue weighted by Crippen LogP contribution is -2.23. The van der Waals surface area contributed by atoms with Gasteiger partial charge in [0.25, 0.3) is 0 Å². The monoisotopic (exact) mass is 285 g/mol. The second-order valence-electron chi connectivity index (χ2n) is 5.93. The first-order chi connectivity index (χ1) is 10.2. The van der Waals surface area contributed by atoms with Crippen LogP contribution in [-0.2, 0) is 4.74 Å². The van der Waals surface area contributed by atoms with Crippen LogP contribution < -0.4 is 5.32 Å². The van der Waals surface area contributed by atoms with Crippen molar-refractivity contribution in [2.45, 2.75) is 38.3 Å². The molecule has 1 N–H and O–H groups in total. The predicted molar refractivity (Wildman–Crippen MR) is 84.8 cm³/mol. The number of hydrogen-bond acceptors (Lipinski definition) is 3. The zero-order valence-corrected chi connectivity index (χ0v) is 12.9. The Balaban J connectivity index is 1.75. The van der Waals surface area contributed by atoms with Crippen molar-refractivity contribution in [2.75, 3.05) is 19.0 Å². The summed E-state index contributed by atoms with van der Waals surface area (Å²) in [5, 5.41) is 3.45. The average molecular weight is 285 g/mol. The van der Waals surface area contributed by atoms with Gasteiger partial charge in [-0.15, -0.1) is 0 Å². The number of methoxy groups -OCH3 is 1. The number of nitrogens with zero attached hydrogens (tertiary/aromatic N) is 2. The fraction of sp³-hybridized carbons (Fsp3) is 0.471. The topological polar surface area (TPSA) is 39.1 Å². The second kappa shape index (κ2) is 5.90. The van der Waals surface area contributed by atoms with Gasteiger partial charge in [0.05, 0.1) is 12.3 Å². The highest BCUT2D eigenvalue weighted by Crippen LogP contribution is 2.52. The van der Waals surface area contributed by atoms with E-state index in [0.717, 1.165) is 11.6 Å². The van der Waals surface area contributed by atoms with Gasteiger partial charge in [0.2, 0.25) is 5.95 Å². The number of nitrogens with one attached hydrogen (secondary N) is 1. The maximum absolute atomic E-state index is 5.19. The lowest BCUT2D eigenvalue weighted by atomic mass is 10.1. The Hall–Kier alpha value is -1.81. The summed E-state index contributed by atoms with van der Waals surface area (Å²) in [6, 6.07) is 11.5. The molecule has 1 heterocycles. The van der Waals surface area contributed by atoms with Gasteiger partial charge < -0.3 is 14.6 Å². The summed E-state index contributed by atoms with van der Waals surface area (Å²) in [7, 11) is 1.72. The number of benzene rings is 1. The Morgan fingerprint density at radius 2 is 2.14 bits per heavy atom. The normalized spacial score (nSPS) is 22.0. The molecule has 1 aromatic heterocycles. The van der Waals surface area contributed by atoms with Gasteiger partial charge in [0.15, 0.2) is 0 Å². The molecule has 1 aliphatic carbocycles. The van der Waals surface area contributed by atoms with Crippen molar-refractivity contribution in [3.8, 4) is 0 Å². The molecular weight excluding hydrogens is 262 g/mol. The standard InChI is InChI=1S/C17H23N3O/c1-12-10-20(17(18-12)19-13(2)11-21-3)16-9-15(16)14-7-5-4-6-8-14/h4-8,10,13,15-16H,9,11H2,1-3H3,(H,18,19). The van der Waals surface area contributed by atoms with E-state index >= 15 is 0 Å². The average Bonchev–Trinajstić information content (AvgIpc) is 3.18. The molecule has 3 rings (SSSR count). The van der Waals surface area contributed by atoms with Crippen molar-refractivity contribution in [1.82, 2.24) is 9.55 Å². The molecule has 4 heteroatoms. The molecule has 1 aromatic carbocycles. The number of anilines is 1. The third-order valence-corrected chi connectivity index (χ3v) is 3.99. The van der Waals surface area contributed by atoms with Crippen LogP contribution in [0.4, 0.5) is 5.95 Å². The number of ether oxygens (including phenoxy) is 1. The molecule has 3 atom stereocenters. The summed E-state index contributed by atoms with van der Waals surface area (Å²) in [4.78, 5) is 4.62. The van der Waals surface area contributed by atoms with Crippen molar-refractivity contribution in [1.29, 1.82) is 0 Å². The van der Waals surface area contributed by atoms with Crippen LogP contribution in [0.5, 0.6) is 0 Å². The highest BCUT2D eigenvalue weighted by atomic mass is 16.5. The van der Waals surface area contributed by atoms with Crippen molar-refractivity contribution in [3.63, 3.8) is 0 Å². The van der Waals surface area contributed by atoms with Crippen LogP contribution in [0.1, 0.15) is 36.6 Å². The molecule has 21 heavy (non-hydrogen) atoms. The van der Waals surface area contributed by atoms with Gasteiger partial charge in [0, 0.05) is 31.3 Å². The Labute approximate surface area is 126 Å². The smallest absolute Gasteiger partial charge is 0.203 e. The molecule has 0 aliphatic heterocycles. The molecule has 112 valence electrons. The minimum absolute atomic E-state index is 0.254. The Kier molecular flexibility index (Phi) is 3.97. The molecule has 2 aromatic rings. The van der Waals surface area contributed by atoms with Crippen molar-refractivity contribution in [3.05, 3.63) is 47.8 Å². The molecule has 1 saturated carbocycles. The van der Waals surface area contributed by atoms with E-state index in [-0.39, 0.29) is 6.04 Å². The summed E-state index contributed by atoms with van der Waals surface area (Å²) in [5.41, 5.74) is 2.48. The van der Waals surface area contributed by atoms with Crippen LogP contribution in [-0.4, -0.2) is 29.3 Å². The van der Waals surface area contributed by atoms with E-state index in [1.165, 1.54) is 12.0 Å². The Morgan fingerprint density at radius 1 is 1.38 bits per heavy atom. The molecule has 3 unspecified atom stereocenters. The molecule has 0 saturated heterocycles. The van der Waals surface area contributed by atoms with Crippen molar-refractivity contribution >= 4 is 5.95 Å². The Bertz CT molecular complexity index is 593. The summed E-state index contributed by atoms with van der Waals surface area (Å²) in [6.45, 7) is 4.83. The number of rotatable bonds is 6. The predicted octanol–water partition coefficient (Wildman–Crippen LogP) is 3.37. The zero-order valence-electron chi connectivity index (χ0n) is 12.9. The summed E-state index contributed by atoms with van der Waals surface area (Å²) >= 11 is 0. The molecule has 0 amide bonds. The maximum Gasteiger partial charge on any atom is 0.203 e. The first kappa shape index (κ1) is 14.1. The highest BCUT2D eigenvalue weighted by molar-refractivity contribution is 5.35. The minimum Gasteiger partial charge on any atom is -0.383 e. The minimum atomic E-state index is 0.254. The zero-order chi connectivity index (χ0) is 14.8. The summed E-state index contributed by atoms with van der Waals surface area (Å²) in [5.74, 6) is 1.57. The van der Waals surface area contributed by atoms with Crippen LogP contribution >= 0.6 is 0 Å². The van der Waals surface area contributed by atoms with Crippen molar-refractivity contribution < 1.29 is 4.74 Å². The van der Waals surface area contributed by atoms with Gasteiger partial charge in [-0.1, -0.05) is 30.3 Å². The molecule has 1 aliphatic rings. The van der Waals surface area contributed by atoms with Gasteiger partial charge in [-0.3, -0.25) is 0 Å². The fourth-order valence-corrected chi connectivity index (χ4v) is 2.94. The van der Waals surface area contributed by atoms with Crippen molar-refractivity contribution in [2.24, 2.45) is 0 Å². The summed E-state index contributed by atoms with van der Waals surface area (Å²) in [6.07, 6.45) is 3.34. The van der Waals surface area contributed by atoms with Crippen LogP contribution in [0, 0.1) is 6.92 Å². The number of aromatic nitrogens is 2. The first-order valence-electron chi connectivity index (χ1n) is 7.55. The van der Waals surface area contributed by atoms with E-state index in [1.54, 1.807) is 7.11 Å². The number of aryl methyl sites for hydroxylation is 1. The van der Waals surface area contributed by atoms with Gasteiger partial charge in [0.1, 0.15) is 0 Å². The molecule has 0 spiro atoms. The van der Waals surface area contributed by atoms with Gasteiger partial charge >= 0.3 is 0 Å². The lowest BCUT2D eigenvalue weighted by Gasteiger charge is -2.15. The third-order valence-electron chi connectivity index (χ3n) is 3.99. The molecular formula is C17H23N3O.